The molecule has 1 saturated carbocycles. The lowest BCUT2D eigenvalue weighted by atomic mass is 10.1. The summed E-state index contributed by atoms with van der Waals surface area (Å²) in [6.45, 7) is 3.64. The average Bonchev–Trinajstić information content (AvgIpc) is 2.95. The molecule has 1 amide bonds. The fourth-order valence-electron chi connectivity index (χ4n) is 2.23. The molecule has 1 unspecified atom stereocenters. The number of hydrogen-bond acceptors (Lipinski definition) is 3. The molecule has 102 valence electrons. The largest absolute Gasteiger partial charge is 0.480 e. The predicted molar refractivity (Wildman–Crippen MR) is 72.7 cm³/mol. The molecule has 1 atom stereocenters. The summed E-state index contributed by atoms with van der Waals surface area (Å²) in [5, 5.41) is 8.98. The third kappa shape index (κ3) is 2.70. The van der Waals surface area contributed by atoms with Gasteiger partial charge in [-0.2, -0.15) is 0 Å². The van der Waals surface area contributed by atoms with Gasteiger partial charge in [-0.3, -0.25) is 14.5 Å². The van der Waals surface area contributed by atoms with Crippen molar-refractivity contribution in [2.75, 3.05) is 17.2 Å². The maximum Gasteiger partial charge on any atom is 0.323 e. The van der Waals surface area contributed by atoms with Crippen LogP contribution >= 0.6 is 0 Å². The lowest BCUT2D eigenvalue weighted by Gasteiger charge is -2.23. The SMILES string of the molecule is CC1(C)CC1C(=O)N(CC(=O)O)c1ccccc1N. The van der Waals surface area contributed by atoms with Gasteiger partial charge in [0.2, 0.25) is 5.91 Å². The van der Waals surface area contributed by atoms with Crippen LogP contribution in [-0.4, -0.2) is 23.5 Å². The Bertz CT molecular complexity index is 525. The molecule has 2 rings (SSSR count). The minimum absolute atomic E-state index is 0.0443. The van der Waals surface area contributed by atoms with Crippen molar-refractivity contribution in [2.45, 2.75) is 20.3 Å². The van der Waals surface area contributed by atoms with Crippen LogP contribution < -0.4 is 10.6 Å². The van der Waals surface area contributed by atoms with Crippen LogP contribution in [0.1, 0.15) is 20.3 Å². The Morgan fingerprint density at radius 3 is 2.47 bits per heavy atom. The molecule has 1 aromatic rings. The van der Waals surface area contributed by atoms with Gasteiger partial charge in [0.1, 0.15) is 6.54 Å². The molecule has 0 aromatic heterocycles. The first kappa shape index (κ1) is 13.4. The Balaban J connectivity index is 2.29. The highest BCUT2D eigenvalue weighted by atomic mass is 16.4. The van der Waals surface area contributed by atoms with Gasteiger partial charge in [-0.15, -0.1) is 0 Å². The first-order valence-corrected chi connectivity index (χ1v) is 6.20. The van der Waals surface area contributed by atoms with Gasteiger partial charge in [0.15, 0.2) is 0 Å². The molecule has 5 heteroatoms. The summed E-state index contributed by atoms with van der Waals surface area (Å²) in [6.07, 6.45) is 0.786. The van der Waals surface area contributed by atoms with Gasteiger partial charge in [-0.05, 0) is 24.0 Å². The number of anilines is 2. The molecule has 1 aromatic carbocycles. The van der Waals surface area contributed by atoms with Crippen LogP contribution in [0, 0.1) is 11.3 Å². The second-order valence-electron chi connectivity index (χ2n) is 5.62. The van der Waals surface area contributed by atoms with E-state index >= 15 is 0 Å². The van der Waals surface area contributed by atoms with Crippen LogP contribution in [0.15, 0.2) is 24.3 Å². The highest BCUT2D eigenvalue weighted by Crippen LogP contribution is 2.52. The summed E-state index contributed by atoms with van der Waals surface area (Å²) in [7, 11) is 0. The van der Waals surface area contributed by atoms with Crippen LogP contribution in [-0.2, 0) is 9.59 Å². The van der Waals surface area contributed by atoms with Gasteiger partial charge < -0.3 is 10.8 Å². The molecule has 0 saturated heterocycles. The van der Waals surface area contributed by atoms with Crippen molar-refractivity contribution in [3.63, 3.8) is 0 Å². The van der Waals surface area contributed by atoms with Crippen molar-refractivity contribution in [3.05, 3.63) is 24.3 Å². The van der Waals surface area contributed by atoms with Crippen LogP contribution in [0.3, 0.4) is 0 Å². The summed E-state index contributed by atoms with van der Waals surface area (Å²) >= 11 is 0. The zero-order valence-electron chi connectivity index (χ0n) is 11.1. The van der Waals surface area contributed by atoms with E-state index in [2.05, 4.69) is 0 Å². The smallest absolute Gasteiger partial charge is 0.323 e. The predicted octanol–water partition coefficient (Wildman–Crippen LogP) is 1.73. The maximum absolute atomic E-state index is 12.4. The number of benzene rings is 1. The van der Waals surface area contributed by atoms with Crippen LogP contribution in [0.2, 0.25) is 0 Å². The quantitative estimate of drug-likeness (QED) is 0.809. The highest BCUT2D eigenvalue weighted by Gasteiger charge is 2.52. The van der Waals surface area contributed by atoms with Gasteiger partial charge >= 0.3 is 5.97 Å². The first-order valence-electron chi connectivity index (χ1n) is 6.20. The average molecular weight is 262 g/mol. The molecular formula is C14H18N2O3. The van der Waals surface area contributed by atoms with E-state index in [0.29, 0.717) is 11.4 Å². The standard InChI is InChI=1S/C14H18N2O3/c1-14(2)7-9(14)13(19)16(8-12(17)18)11-6-4-3-5-10(11)15/h3-6,9H,7-8,15H2,1-2H3,(H,17,18). The van der Waals surface area contributed by atoms with E-state index in [-0.39, 0.29) is 23.8 Å². The van der Waals surface area contributed by atoms with Crippen molar-refractivity contribution >= 4 is 23.3 Å². The molecule has 0 radical (unpaired) electrons. The summed E-state index contributed by atoms with van der Waals surface area (Å²) < 4.78 is 0. The Labute approximate surface area is 112 Å². The maximum atomic E-state index is 12.4. The number of para-hydroxylation sites is 2. The van der Waals surface area contributed by atoms with Gasteiger partial charge in [0.25, 0.3) is 0 Å². The van der Waals surface area contributed by atoms with Gasteiger partial charge in [0, 0.05) is 5.92 Å². The van der Waals surface area contributed by atoms with Crippen LogP contribution in [0.4, 0.5) is 11.4 Å². The van der Waals surface area contributed by atoms with Crippen molar-refractivity contribution in [2.24, 2.45) is 11.3 Å². The number of amides is 1. The molecule has 1 fully saturated rings. The monoisotopic (exact) mass is 262 g/mol. The van der Waals surface area contributed by atoms with E-state index in [1.807, 2.05) is 13.8 Å². The third-order valence-electron chi connectivity index (χ3n) is 3.60. The van der Waals surface area contributed by atoms with E-state index in [0.717, 1.165) is 6.42 Å². The Morgan fingerprint density at radius 2 is 2.00 bits per heavy atom. The molecule has 19 heavy (non-hydrogen) atoms. The number of aliphatic carboxylic acids is 1. The van der Waals surface area contributed by atoms with E-state index in [4.69, 9.17) is 10.8 Å². The number of hydrogen-bond donors (Lipinski definition) is 2. The van der Waals surface area contributed by atoms with Crippen molar-refractivity contribution < 1.29 is 14.7 Å². The number of nitrogen functional groups attached to an aromatic ring is 1. The summed E-state index contributed by atoms with van der Waals surface area (Å²) in [5.41, 5.74) is 6.67. The molecule has 0 spiro atoms. The molecule has 0 aliphatic heterocycles. The zero-order chi connectivity index (χ0) is 14.2. The van der Waals surface area contributed by atoms with E-state index in [1.54, 1.807) is 24.3 Å². The minimum Gasteiger partial charge on any atom is -0.480 e. The number of carbonyl (C=O) groups excluding carboxylic acids is 1. The number of carbonyl (C=O) groups is 2. The highest BCUT2D eigenvalue weighted by molar-refractivity contribution is 6.02. The topological polar surface area (TPSA) is 83.6 Å². The summed E-state index contributed by atoms with van der Waals surface area (Å²) in [6, 6.07) is 6.83. The van der Waals surface area contributed by atoms with Gasteiger partial charge in [-0.1, -0.05) is 26.0 Å². The number of carboxylic acid groups (broad SMARTS) is 1. The number of carboxylic acids is 1. The summed E-state index contributed by atoms with van der Waals surface area (Å²) in [4.78, 5) is 24.7. The van der Waals surface area contributed by atoms with Gasteiger partial charge in [0.05, 0.1) is 11.4 Å². The van der Waals surface area contributed by atoms with Crippen LogP contribution in [0.25, 0.3) is 0 Å². The second kappa shape index (κ2) is 4.57. The molecule has 1 aliphatic carbocycles. The fraction of sp³-hybridized carbons (Fsp3) is 0.429. The molecule has 3 N–H and O–H groups in total. The third-order valence-corrected chi connectivity index (χ3v) is 3.60. The van der Waals surface area contributed by atoms with Crippen molar-refractivity contribution in [1.29, 1.82) is 0 Å². The van der Waals surface area contributed by atoms with E-state index in [1.165, 1.54) is 4.90 Å². The van der Waals surface area contributed by atoms with Gasteiger partial charge in [-0.25, -0.2) is 0 Å². The van der Waals surface area contributed by atoms with Crippen molar-refractivity contribution in [1.82, 2.24) is 0 Å². The van der Waals surface area contributed by atoms with Crippen molar-refractivity contribution in [3.8, 4) is 0 Å². The Kier molecular flexibility index (Phi) is 3.22. The molecule has 5 nitrogen and oxygen atoms in total. The summed E-state index contributed by atoms with van der Waals surface area (Å²) in [5.74, 6) is -1.33. The molecule has 0 heterocycles. The van der Waals surface area contributed by atoms with Crippen LogP contribution in [0.5, 0.6) is 0 Å². The molecular weight excluding hydrogens is 244 g/mol. The zero-order valence-corrected chi connectivity index (χ0v) is 11.1. The number of rotatable bonds is 4. The number of nitrogens with zero attached hydrogens (tertiary/aromatic N) is 1. The lowest BCUT2D eigenvalue weighted by molar-refractivity contribution is -0.136. The molecule has 0 bridgehead atoms. The Morgan fingerprint density at radius 1 is 1.42 bits per heavy atom. The first-order chi connectivity index (χ1) is 8.83. The molecule has 1 aliphatic rings. The van der Waals surface area contributed by atoms with E-state index in [9.17, 15) is 9.59 Å². The second-order valence-corrected chi connectivity index (χ2v) is 5.62. The minimum atomic E-state index is -1.05. The Hall–Kier alpha value is -2.04. The normalized spacial score (nSPS) is 19.8. The van der Waals surface area contributed by atoms with E-state index < -0.39 is 5.97 Å². The lowest BCUT2D eigenvalue weighted by Crippen LogP contribution is -2.38. The number of nitrogens with two attached hydrogens (primary N) is 1. The fourth-order valence-corrected chi connectivity index (χ4v) is 2.23.